The molecule has 0 spiro atoms. The van der Waals surface area contributed by atoms with Crippen LogP contribution < -0.4 is 5.43 Å². The molecule has 0 bridgehead atoms. The van der Waals surface area contributed by atoms with Gasteiger partial charge >= 0.3 is 0 Å². The zero-order chi connectivity index (χ0) is 16.8. The molecule has 1 N–H and O–H groups in total. The second-order valence-corrected chi connectivity index (χ2v) is 5.45. The van der Waals surface area contributed by atoms with Crippen molar-refractivity contribution in [1.29, 1.82) is 0 Å². The van der Waals surface area contributed by atoms with Crippen molar-refractivity contribution in [3.8, 4) is 11.1 Å². The first-order valence-electron chi connectivity index (χ1n) is 7.79. The SMILES string of the molecule is C/C(=N/NC(=O)c1ccccc1)c1ccc(-c2ccccc2)cc1. The molecule has 0 saturated heterocycles. The van der Waals surface area contributed by atoms with Crippen LogP contribution in [0.3, 0.4) is 0 Å². The van der Waals surface area contributed by atoms with Gasteiger partial charge in [0.15, 0.2) is 0 Å². The first kappa shape index (κ1) is 15.7. The first-order valence-corrected chi connectivity index (χ1v) is 7.79. The van der Waals surface area contributed by atoms with Crippen LogP contribution in [0, 0.1) is 0 Å². The summed E-state index contributed by atoms with van der Waals surface area (Å²) in [5, 5.41) is 4.19. The Morgan fingerprint density at radius 3 is 1.88 bits per heavy atom. The molecule has 0 aliphatic rings. The van der Waals surface area contributed by atoms with Crippen molar-refractivity contribution < 1.29 is 4.79 Å². The topological polar surface area (TPSA) is 41.5 Å². The van der Waals surface area contributed by atoms with Crippen molar-refractivity contribution >= 4 is 11.6 Å². The lowest BCUT2D eigenvalue weighted by molar-refractivity contribution is 0.0955. The smallest absolute Gasteiger partial charge is 0.267 e. The number of hydrazone groups is 1. The fourth-order valence-electron chi connectivity index (χ4n) is 2.39. The van der Waals surface area contributed by atoms with Crippen LogP contribution in [0.2, 0.25) is 0 Å². The molecule has 118 valence electrons. The number of rotatable bonds is 4. The molecule has 3 aromatic carbocycles. The summed E-state index contributed by atoms with van der Waals surface area (Å²) < 4.78 is 0. The zero-order valence-electron chi connectivity index (χ0n) is 13.4. The highest BCUT2D eigenvalue weighted by molar-refractivity contribution is 6.01. The lowest BCUT2D eigenvalue weighted by Crippen LogP contribution is -2.19. The number of carbonyl (C=O) groups is 1. The summed E-state index contributed by atoms with van der Waals surface area (Å²) in [6, 6.07) is 27.4. The van der Waals surface area contributed by atoms with Crippen molar-refractivity contribution in [3.05, 3.63) is 96.1 Å². The Kier molecular flexibility index (Phi) is 4.82. The van der Waals surface area contributed by atoms with Crippen LogP contribution in [0.5, 0.6) is 0 Å². The summed E-state index contributed by atoms with van der Waals surface area (Å²) in [6.45, 7) is 1.88. The predicted molar refractivity (Wildman–Crippen MR) is 98.0 cm³/mol. The second-order valence-electron chi connectivity index (χ2n) is 5.45. The molecule has 0 heterocycles. The van der Waals surface area contributed by atoms with Crippen LogP contribution in [-0.2, 0) is 0 Å². The molecule has 0 saturated carbocycles. The molecule has 0 aliphatic carbocycles. The van der Waals surface area contributed by atoms with Crippen molar-refractivity contribution in [3.63, 3.8) is 0 Å². The van der Waals surface area contributed by atoms with Crippen LogP contribution in [0.25, 0.3) is 11.1 Å². The van der Waals surface area contributed by atoms with Crippen LogP contribution >= 0.6 is 0 Å². The highest BCUT2D eigenvalue weighted by Gasteiger charge is 2.04. The van der Waals surface area contributed by atoms with Crippen LogP contribution in [0.15, 0.2) is 90.0 Å². The Morgan fingerprint density at radius 1 is 0.708 bits per heavy atom. The predicted octanol–water partition coefficient (Wildman–Crippen LogP) is 4.51. The third-order valence-electron chi connectivity index (χ3n) is 3.77. The molecular formula is C21H18N2O. The molecule has 1 amide bonds. The van der Waals surface area contributed by atoms with E-state index in [2.05, 4.69) is 34.8 Å². The lowest BCUT2D eigenvalue weighted by atomic mass is 10.0. The quantitative estimate of drug-likeness (QED) is 0.559. The third kappa shape index (κ3) is 3.76. The van der Waals surface area contributed by atoms with Gasteiger partial charge in [-0.05, 0) is 35.7 Å². The van der Waals surface area contributed by atoms with Gasteiger partial charge in [0.05, 0.1) is 5.71 Å². The summed E-state index contributed by atoms with van der Waals surface area (Å²) in [5.41, 5.74) is 7.25. The molecule has 0 atom stereocenters. The summed E-state index contributed by atoms with van der Waals surface area (Å²) in [7, 11) is 0. The van der Waals surface area contributed by atoms with Crippen molar-refractivity contribution in [1.82, 2.24) is 5.43 Å². The number of amides is 1. The van der Waals surface area contributed by atoms with Gasteiger partial charge in [0.1, 0.15) is 0 Å². The molecule has 3 aromatic rings. The maximum atomic E-state index is 12.0. The first-order chi connectivity index (χ1) is 11.7. The molecule has 0 fully saturated rings. The van der Waals surface area contributed by atoms with E-state index in [1.54, 1.807) is 12.1 Å². The van der Waals surface area contributed by atoms with Gasteiger partial charge in [0.25, 0.3) is 5.91 Å². The minimum Gasteiger partial charge on any atom is -0.267 e. The van der Waals surface area contributed by atoms with E-state index >= 15 is 0 Å². The van der Waals surface area contributed by atoms with E-state index in [0.717, 1.165) is 16.8 Å². The van der Waals surface area contributed by atoms with Crippen molar-refractivity contribution in [2.24, 2.45) is 5.10 Å². The fourth-order valence-corrected chi connectivity index (χ4v) is 2.39. The Morgan fingerprint density at radius 2 is 1.25 bits per heavy atom. The molecular weight excluding hydrogens is 296 g/mol. The molecule has 0 radical (unpaired) electrons. The van der Waals surface area contributed by atoms with Gasteiger partial charge < -0.3 is 0 Å². The summed E-state index contributed by atoms with van der Waals surface area (Å²) in [6.07, 6.45) is 0. The number of carbonyl (C=O) groups excluding carboxylic acids is 1. The van der Waals surface area contributed by atoms with Gasteiger partial charge in [-0.2, -0.15) is 5.10 Å². The zero-order valence-corrected chi connectivity index (χ0v) is 13.4. The van der Waals surface area contributed by atoms with Gasteiger partial charge in [0, 0.05) is 5.56 Å². The van der Waals surface area contributed by atoms with Crippen molar-refractivity contribution in [2.75, 3.05) is 0 Å². The van der Waals surface area contributed by atoms with Crippen molar-refractivity contribution in [2.45, 2.75) is 6.92 Å². The summed E-state index contributed by atoms with van der Waals surface area (Å²) in [5.74, 6) is -0.212. The minimum atomic E-state index is -0.212. The maximum Gasteiger partial charge on any atom is 0.271 e. The second kappa shape index (κ2) is 7.38. The number of benzene rings is 3. The van der Waals surface area contributed by atoms with E-state index in [9.17, 15) is 4.79 Å². The third-order valence-corrected chi connectivity index (χ3v) is 3.77. The van der Waals surface area contributed by atoms with Gasteiger partial charge in [0.2, 0.25) is 0 Å². The maximum absolute atomic E-state index is 12.0. The fraction of sp³-hybridized carbons (Fsp3) is 0.0476. The summed E-state index contributed by atoms with van der Waals surface area (Å²) in [4.78, 5) is 12.0. The minimum absolute atomic E-state index is 0.212. The normalized spacial score (nSPS) is 11.1. The van der Waals surface area contributed by atoms with Gasteiger partial charge in [-0.3, -0.25) is 4.79 Å². The Bertz CT molecular complexity index is 838. The van der Waals surface area contributed by atoms with Gasteiger partial charge in [-0.15, -0.1) is 0 Å². The van der Waals surface area contributed by atoms with E-state index in [1.807, 2.05) is 55.5 Å². The van der Waals surface area contributed by atoms with E-state index in [4.69, 9.17) is 0 Å². The number of nitrogens with one attached hydrogen (secondary N) is 1. The van der Waals surface area contributed by atoms with Crippen LogP contribution in [-0.4, -0.2) is 11.6 Å². The molecule has 0 aromatic heterocycles. The molecule has 24 heavy (non-hydrogen) atoms. The Hall–Kier alpha value is -3.20. The van der Waals surface area contributed by atoms with Gasteiger partial charge in [-0.1, -0.05) is 72.8 Å². The molecule has 0 unspecified atom stereocenters. The lowest BCUT2D eigenvalue weighted by Gasteiger charge is -2.05. The van der Waals surface area contributed by atoms with E-state index in [1.165, 1.54) is 5.56 Å². The number of hydrogen-bond acceptors (Lipinski definition) is 2. The molecule has 3 rings (SSSR count). The standard InChI is InChI=1S/C21H18N2O/c1-16(22-23-21(24)20-10-6-3-7-11-20)17-12-14-19(15-13-17)18-8-4-2-5-9-18/h2-15H,1H3,(H,23,24)/b22-16-. The van der Waals surface area contributed by atoms with Gasteiger partial charge in [-0.25, -0.2) is 5.43 Å². The number of hydrogen-bond donors (Lipinski definition) is 1. The largest absolute Gasteiger partial charge is 0.271 e. The Labute approximate surface area is 141 Å². The van der Waals surface area contributed by atoms with Crippen LogP contribution in [0.1, 0.15) is 22.8 Å². The average Bonchev–Trinajstić information content (AvgIpc) is 2.67. The highest BCUT2D eigenvalue weighted by atomic mass is 16.2. The molecule has 3 heteroatoms. The summed E-state index contributed by atoms with van der Waals surface area (Å²) >= 11 is 0. The van der Waals surface area contributed by atoms with E-state index in [-0.39, 0.29) is 5.91 Å². The molecule has 3 nitrogen and oxygen atoms in total. The van der Waals surface area contributed by atoms with E-state index < -0.39 is 0 Å². The van der Waals surface area contributed by atoms with Crippen LogP contribution in [0.4, 0.5) is 0 Å². The monoisotopic (exact) mass is 314 g/mol. The average molecular weight is 314 g/mol. The number of nitrogens with zero attached hydrogens (tertiary/aromatic N) is 1. The Balaban J connectivity index is 1.71. The highest BCUT2D eigenvalue weighted by Crippen LogP contribution is 2.19. The van der Waals surface area contributed by atoms with E-state index in [0.29, 0.717) is 5.56 Å². The molecule has 0 aliphatic heterocycles.